The van der Waals surface area contributed by atoms with E-state index in [-0.39, 0.29) is 5.82 Å². The van der Waals surface area contributed by atoms with Gasteiger partial charge in [-0.15, -0.1) is 0 Å². The predicted octanol–water partition coefficient (Wildman–Crippen LogP) is 3.52. The lowest BCUT2D eigenvalue weighted by Gasteiger charge is -2.13. The molecule has 3 rings (SSSR count). The van der Waals surface area contributed by atoms with Crippen molar-refractivity contribution in [3.63, 3.8) is 0 Å². The van der Waals surface area contributed by atoms with Gasteiger partial charge in [0.2, 0.25) is 0 Å². The Kier molecular flexibility index (Phi) is 3.93. The lowest BCUT2D eigenvalue weighted by atomic mass is 9.99. The number of rotatable bonds is 4. The Labute approximate surface area is 122 Å². The van der Waals surface area contributed by atoms with Crippen LogP contribution in [-0.2, 0) is 12.8 Å². The van der Waals surface area contributed by atoms with Gasteiger partial charge in [-0.25, -0.2) is 4.39 Å². The number of hydrogen-bond donors (Lipinski definition) is 1. The fraction of sp³-hybridized carbons (Fsp3) is 0.167. The van der Waals surface area contributed by atoms with Crippen LogP contribution in [0.25, 0.3) is 10.9 Å². The van der Waals surface area contributed by atoms with Crippen molar-refractivity contribution in [3.05, 3.63) is 77.7 Å². The van der Waals surface area contributed by atoms with Crippen LogP contribution in [-0.4, -0.2) is 16.2 Å². The SMILES string of the molecule is OC(Cc1ccccc1F)Cc1ccnc2ccccc12. The number of aromatic nitrogens is 1. The number of aliphatic hydroxyl groups is 1. The highest BCUT2D eigenvalue weighted by atomic mass is 19.1. The maximum atomic E-state index is 13.6. The second-order valence-electron chi connectivity index (χ2n) is 5.14. The molecule has 0 bridgehead atoms. The number of para-hydroxylation sites is 1. The van der Waals surface area contributed by atoms with E-state index in [1.807, 2.05) is 30.3 Å². The van der Waals surface area contributed by atoms with E-state index in [2.05, 4.69) is 4.98 Å². The van der Waals surface area contributed by atoms with Gasteiger partial charge in [-0.2, -0.15) is 0 Å². The third-order valence-electron chi connectivity index (χ3n) is 3.61. The summed E-state index contributed by atoms with van der Waals surface area (Å²) in [5.74, 6) is -0.267. The van der Waals surface area contributed by atoms with Crippen LogP contribution in [0.3, 0.4) is 0 Å². The fourth-order valence-corrected chi connectivity index (χ4v) is 2.58. The molecule has 0 aliphatic rings. The van der Waals surface area contributed by atoms with Gasteiger partial charge in [-0.1, -0.05) is 36.4 Å². The molecule has 0 radical (unpaired) electrons. The van der Waals surface area contributed by atoms with Crippen molar-refractivity contribution in [2.45, 2.75) is 18.9 Å². The Bertz CT molecular complexity index is 752. The summed E-state index contributed by atoms with van der Waals surface area (Å²) in [6.07, 6.45) is 1.92. The van der Waals surface area contributed by atoms with Crippen LogP contribution in [0.1, 0.15) is 11.1 Å². The van der Waals surface area contributed by atoms with Gasteiger partial charge in [0.05, 0.1) is 11.6 Å². The largest absolute Gasteiger partial charge is 0.392 e. The normalized spacial score (nSPS) is 12.5. The minimum absolute atomic E-state index is 0.267. The summed E-state index contributed by atoms with van der Waals surface area (Å²) in [7, 11) is 0. The summed E-state index contributed by atoms with van der Waals surface area (Å²) in [5.41, 5.74) is 2.49. The maximum Gasteiger partial charge on any atom is 0.126 e. The van der Waals surface area contributed by atoms with Gasteiger partial charge >= 0.3 is 0 Å². The van der Waals surface area contributed by atoms with Crippen LogP contribution in [0, 0.1) is 5.82 Å². The Morgan fingerprint density at radius 3 is 2.48 bits per heavy atom. The number of benzene rings is 2. The number of aliphatic hydroxyl groups excluding tert-OH is 1. The summed E-state index contributed by atoms with van der Waals surface area (Å²) in [4.78, 5) is 4.31. The van der Waals surface area contributed by atoms with E-state index in [9.17, 15) is 9.50 Å². The number of hydrogen-bond acceptors (Lipinski definition) is 2. The van der Waals surface area contributed by atoms with Crippen molar-refractivity contribution in [2.24, 2.45) is 0 Å². The second-order valence-corrected chi connectivity index (χ2v) is 5.14. The van der Waals surface area contributed by atoms with Crippen molar-refractivity contribution in [1.82, 2.24) is 4.98 Å². The van der Waals surface area contributed by atoms with Crippen molar-refractivity contribution in [3.8, 4) is 0 Å². The molecule has 1 heterocycles. The number of fused-ring (bicyclic) bond motifs is 1. The Hall–Kier alpha value is -2.26. The summed E-state index contributed by atoms with van der Waals surface area (Å²) in [6, 6.07) is 16.3. The lowest BCUT2D eigenvalue weighted by molar-refractivity contribution is 0.174. The first-order valence-corrected chi connectivity index (χ1v) is 6.98. The summed E-state index contributed by atoms with van der Waals surface area (Å²) < 4.78 is 13.6. The fourth-order valence-electron chi connectivity index (χ4n) is 2.58. The minimum Gasteiger partial charge on any atom is -0.392 e. The van der Waals surface area contributed by atoms with E-state index in [1.54, 1.807) is 24.4 Å². The van der Waals surface area contributed by atoms with E-state index >= 15 is 0 Å². The van der Waals surface area contributed by atoms with Crippen molar-refractivity contribution in [1.29, 1.82) is 0 Å². The molecular formula is C18H16FNO. The van der Waals surface area contributed by atoms with E-state index in [1.165, 1.54) is 6.07 Å². The molecule has 3 heteroatoms. The molecule has 0 aliphatic heterocycles. The number of pyridine rings is 1. The van der Waals surface area contributed by atoms with Crippen molar-refractivity contribution in [2.75, 3.05) is 0 Å². The third-order valence-corrected chi connectivity index (χ3v) is 3.61. The Morgan fingerprint density at radius 1 is 0.905 bits per heavy atom. The topological polar surface area (TPSA) is 33.1 Å². The lowest BCUT2D eigenvalue weighted by Crippen LogP contribution is -2.15. The molecule has 106 valence electrons. The Morgan fingerprint density at radius 2 is 1.62 bits per heavy atom. The molecular weight excluding hydrogens is 265 g/mol. The quantitative estimate of drug-likeness (QED) is 0.793. The van der Waals surface area contributed by atoms with Crippen molar-refractivity contribution < 1.29 is 9.50 Å². The molecule has 0 amide bonds. The highest BCUT2D eigenvalue weighted by Crippen LogP contribution is 2.19. The molecule has 1 N–H and O–H groups in total. The van der Waals surface area contributed by atoms with Gasteiger partial charge in [0, 0.05) is 18.0 Å². The van der Waals surface area contributed by atoms with Gasteiger partial charge in [0.25, 0.3) is 0 Å². The second kappa shape index (κ2) is 6.02. The van der Waals surface area contributed by atoms with Crippen LogP contribution in [0.4, 0.5) is 4.39 Å². The molecule has 1 unspecified atom stereocenters. The molecule has 0 aliphatic carbocycles. The van der Waals surface area contributed by atoms with Gasteiger partial charge < -0.3 is 5.11 Å². The molecule has 2 nitrogen and oxygen atoms in total. The Balaban J connectivity index is 1.81. The number of nitrogens with zero attached hydrogens (tertiary/aromatic N) is 1. The molecule has 1 aromatic heterocycles. The molecule has 3 aromatic rings. The maximum absolute atomic E-state index is 13.6. The van der Waals surface area contributed by atoms with E-state index < -0.39 is 6.10 Å². The summed E-state index contributed by atoms with van der Waals surface area (Å²) >= 11 is 0. The molecule has 2 aromatic carbocycles. The molecule has 0 spiro atoms. The highest BCUT2D eigenvalue weighted by molar-refractivity contribution is 5.81. The first-order valence-electron chi connectivity index (χ1n) is 6.98. The van der Waals surface area contributed by atoms with Crippen LogP contribution < -0.4 is 0 Å². The van der Waals surface area contributed by atoms with Crippen molar-refractivity contribution >= 4 is 10.9 Å². The van der Waals surface area contributed by atoms with Gasteiger partial charge in [0.1, 0.15) is 5.82 Å². The molecule has 1 atom stereocenters. The average molecular weight is 281 g/mol. The minimum atomic E-state index is -0.618. The van der Waals surface area contributed by atoms with Crippen LogP contribution in [0.2, 0.25) is 0 Å². The van der Waals surface area contributed by atoms with Crippen LogP contribution in [0.5, 0.6) is 0 Å². The van der Waals surface area contributed by atoms with E-state index in [4.69, 9.17) is 0 Å². The summed E-state index contributed by atoms with van der Waals surface area (Å²) in [5, 5.41) is 11.3. The van der Waals surface area contributed by atoms with E-state index in [0.717, 1.165) is 16.5 Å². The van der Waals surface area contributed by atoms with Gasteiger partial charge in [0.15, 0.2) is 0 Å². The van der Waals surface area contributed by atoms with Gasteiger partial charge in [-0.3, -0.25) is 4.98 Å². The molecule has 21 heavy (non-hydrogen) atoms. The first-order chi connectivity index (χ1) is 10.2. The van der Waals surface area contributed by atoms with Gasteiger partial charge in [-0.05, 0) is 35.7 Å². The molecule has 0 fully saturated rings. The monoisotopic (exact) mass is 281 g/mol. The average Bonchev–Trinajstić information content (AvgIpc) is 2.50. The zero-order valence-corrected chi connectivity index (χ0v) is 11.5. The van der Waals surface area contributed by atoms with E-state index in [0.29, 0.717) is 18.4 Å². The first kappa shape index (κ1) is 13.7. The zero-order valence-electron chi connectivity index (χ0n) is 11.5. The number of halogens is 1. The molecule has 0 saturated carbocycles. The smallest absolute Gasteiger partial charge is 0.126 e. The van der Waals surface area contributed by atoms with Crippen LogP contribution in [0.15, 0.2) is 60.8 Å². The zero-order chi connectivity index (χ0) is 14.7. The molecule has 0 saturated heterocycles. The third kappa shape index (κ3) is 3.09. The summed E-state index contributed by atoms with van der Waals surface area (Å²) in [6.45, 7) is 0. The highest BCUT2D eigenvalue weighted by Gasteiger charge is 2.11. The predicted molar refractivity (Wildman–Crippen MR) is 81.6 cm³/mol. The standard InChI is InChI=1S/C18H16FNO/c19-17-7-3-1-5-14(17)12-15(21)11-13-9-10-20-18-8-4-2-6-16(13)18/h1-10,15,21H,11-12H2. The van der Waals surface area contributed by atoms with Crippen LogP contribution >= 0.6 is 0 Å².